The second kappa shape index (κ2) is 9.93. The van der Waals surface area contributed by atoms with Crippen LogP contribution in [0.5, 0.6) is 0 Å². The number of carbonyl (C=O) groups excluding carboxylic acids is 3. The SMILES string of the molecule is O=C(Nc1nc(CC(=O)N2CCN(C(=O)c3ccc(Cl)cc3)CC2)cs1)c1ccccc1. The molecule has 1 aromatic heterocycles. The number of amides is 3. The Morgan fingerprint density at radius 3 is 2.25 bits per heavy atom. The molecule has 7 nitrogen and oxygen atoms in total. The lowest BCUT2D eigenvalue weighted by atomic mass is 10.1. The largest absolute Gasteiger partial charge is 0.339 e. The highest BCUT2D eigenvalue weighted by Gasteiger charge is 2.25. The quantitative estimate of drug-likeness (QED) is 0.620. The van der Waals surface area contributed by atoms with E-state index in [-0.39, 0.29) is 24.1 Å². The molecule has 3 aromatic rings. The van der Waals surface area contributed by atoms with E-state index in [2.05, 4.69) is 10.3 Å². The van der Waals surface area contributed by atoms with Gasteiger partial charge < -0.3 is 9.80 Å². The van der Waals surface area contributed by atoms with E-state index in [9.17, 15) is 14.4 Å². The predicted octanol–water partition coefficient (Wildman–Crippen LogP) is 3.58. The van der Waals surface area contributed by atoms with E-state index < -0.39 is 0 Å². The maximum atomic E-state index is 12.7. The van der Waals surface area contributed by atoms with Crippen LogP contribution in [0.15, 0.2) is 60.0 Å². The number of halogens is 1. The van der Waals surface area contributed by atoms with Crippen molar-refractivity contribution in [3.8, 4) is 0 Å². The minimum atomic E-state index is -0.237. The topological polar surface area (TPSA) is 82.6 Å². The summed E-state index contributed by atoms with van der Waals surface area (Å²) in [6.45, 7) is 1.89. The second-order valence-corrected chi connectivity index (χ2v) is 8.62. The van der Waals surface area contributed by atoms with Gasteiger partial charge in [0.1, 0.15) is 0 Å². The average Bonchev–Trinajstić information content (AvgIpc) is 3.26. The van der Waals surface area contributed by atoms with Gasteiger partial charge in [-0.3, -0.25) is 19.7 Å². The molecule has 1 aliphatic heterocycles. The van der Waals surface area contributed by atoms with Crippen LogP contribution in [0.1, 0.15) is 26.4 Å². The van der Waals surface area contributed by atoms with Crippen molar-refractivity contribution in [1.29, 1.82) is 0 Å². The van der Waals surface area contributed by atoms with Crippen LogP contribution in [0, 0.1) is 0 Å². The number of anilines is 1. The van der Waals surface area contributed by atoms with Crippen molar-refractivity contribution in [1.82, 2.24) is 14.8 Å². The van der Waals surface area contributed by atoms with Crippen molar-refractivity contribution < 1.29 is 14.4 Å². The van der Waals surface area contributed by atoms with Gasteiger partial charge in [0.05, 0.1) is 12.1 Å². The Balaban J connectivity index is 1.27. The van der Waals surface area contributed by atoms with Crippen LogP contribution < -0.4 is 5.32 Å². The van der Waals surface area contributed by atoms with Crippen LogP contribution in [0.2, 0.25) is 5.02 Å². The maximum absolute atomic E-state index is 12.7. The van der Waals surface area contributed by atoms with Crippen molar-refractivity contribution in [2.45, 2.75) is 6.42 Å². The van der Waals surface area contributed by atoms with E-state index >= 15 is 0 Å². The van der Waals surface area contributed by atoms with Crippen LogP contribution in [-0.2, 0) is 11.2 Å². The summed E-state index contributed by atoms with van der Waals surface area (Å²) < 4.78 is 0. The fourth-order valence-corrected chi connectivity index (χ4v) is 4.24. The molecule has 9 heteroatoms. The second-order valence-electron chi connectivity index (χ2n) is 7.32. The summed E-state index contributed by atoms with van der Waals surface area (Å²) in [6.07, 6.45) is 0.156. The Hall–Kier alpha value is -3.23. The van der Waals surface area contributed by atoms with Gasteiger partial charge in [-0.1, -0.05) is 29.8 Å². The van der Waals surface area contributed by atoms with E-state index in [4.69, 9.17) is 11.6 Å². The summed E-state index contributed by atoms with van der Waals surface area (Å²) >= 11 is 7.17. The molecule has 2 aromatic carbocycles. The summed E-state index contributed by atoms with van der Waals surface area (Å²) in [5.74, 6) is -0.346. The van der Waals surface area contributed by atoms with Crippen LogP contribution in [0.3, 0.4) is 0 Å². The predicted molar refractivity (Wildman–Crippen MR) is 124 cm³/mol. The maximum Gasteiger partial charge on any atom is 0.257 e. The van der Waals surface area contributed by atoms with Gasteiger partial charge in [-0.05, 0) is 36.4 Å². The van der Waals surface area contributed by atoms with Crippen LogP contribution in [-0.4, -0.2) is 58.7 Å². The molecular formula is C23H21ClN4O3S. The lowest BCUT2D eigenvalue weighted by Crippen LogP contribution is -2.51. The van der Waals surface area contributed by atoms with Gasteiger partial charge in [-0.15, -0.1) is 11.3 Å². The fourth-order valence-electron chi connectivity index (χ4n) is 3.41. The number of benzene rings is 2. The molecule has 0 spiro atoms. The number of rotatable bonds is 5. The van der Waals surface area contributed by atoms with Crippen molar-refractivity contribution in [2.24, 2.45) is 0 Å². The summed E-state index contributed by atoms with van der Waals surface area (Å²) in [6, 6.07) is 15.7. The molecular weight excluding hydrogens is 448 g/mol. The Labute approximate surface area is 194 Å². The summed E-state index contributed by atoms with van der Waals surface area (Å²) in [5, 5.41) is 5.58. The number of nitrogens with zero attached hydrogens (tertiary/aromatic N) is 3. The molecule has 3 amide bonds. The molecule has 4 rings (SSSR count). The fraction of sp³-hybridized carbons (Fsp3) is 0.217. The highest BCUT2D eigenvalue weighted by molar-refractivity contribution is 7.14. The smallest absolute Gasteiger partial charge is 0.257 e. The Morgan fingerprint density at radius 2 is 1.56 bits per heavy atom. The summed E-state index contributed by atoms with van der Waals surface area (Å²) in [7, 11) is 0. The first-order chi connectivity index (χ1) is 15.5. The average molecular weight is 469 g/mol. The van der Waals surface area contributed by atoms with Crippen LogP contribution in [0.25, 0.3) is 0 Å². The first kappa shape index (κ1) is 22.0. The van der Waals surface area contributed by atoms with E-state index in [0.29, 0.717) is 53.2 Å². The molecule has 0 radical (unpaired) electrons. The number of aromatic nitrogens is 1. The third-order valence-electron chi connectivity index (χ3n) is 5.15. The number of hydrogen-bond donors (Lipinski definition) is 1. The first-order valence-corrected chi connectivity index (χ1v) is 11.4. The van der Waals surface area contributed by atoms with Gasteiger partial charge in [0, 0.05) is 47.7 Å². The molecule has 0 bridgehead atoms. The van der Waals surface area contributed by atoms with Gasteiger partial charge in [-0.2, -0.15) is 0 Å². The van der Waals surface area contributed by atoms with E-state index in [1.807, 2.05) is 6.07 Å². The number of piperazine rings is 1. The number of nitrogens with one attached hydrogen (secondary N) is 1. The molecule has 164 valence electrons. The molecule has 0 aliphatic carbocycles. The molecule has 32 heavy (non-hydrogen) atoms. The number of carbonyl (C=O) groups is 3. The molecule has 1 aliphatic rings. The molecule has 1 saturated heterocycles. The first-order valence-electron chi connectivity index (χ1n) is 10.1. The van der Waals surface area contributed by atoms with Gasteiger partial charge in [0.15, 0.2) is 5.13 Å². The molecule has 0 atom stereocenters. The van der Waals surface area contributed by atoms with E-state index in [0.717, 1.165) is 0 Å². The summed E-state index contributed by atoms with van der Waals surface area (Å²) in [5.41, 5.74) is 1.75. The minimum Gasteiger partial charge on any atom is -0.339 e. The minimum absolute atomic E-state index is 0.0465. The lowest BCUT2D eigenvalue weighted by Gasteiger charge is -2.34. The van der Waals surface area contributed by atoms with Crippen LogP contribution in [0.4, 0.5) is 5.13 Å². The summed E-state index contributed by atoms with van der Waals surface area (Å²) in [4.78, 5) is 45.4. The Morgan fingerprint density at radius 1 is 0.906 bits per heavy atom. The van der Waals surface area contributed by atoms with Gasteiger partial charge in [-0.25, -0.2) is 4.98 Å². The monoisotopic (exact) mass is 468 g/mol. The van der Waals surface area contributed by atoms with Crippen LogP contribution >= 0.6 is 22.9 Å². The Bertz CT molecular complexity index is 1110. The molecule has 1 N–H and O–H groups in total. The highest BCUT2D eigenvalue weighted by Crippen LogP contribution is 2.18. The third-order valence-corrected chi connectivity index (χ3v) is 6.21. The van der Waals surface area contributed by atoms with Gasteiger partial charge in [0.2, 0.25) is 5.91 Å². The number of thiazole rings is 1. The Kier molecular flexibility index (Phi) is 6.82. The number of hydrogen-bond acceptors (Lipinski definition) is 5. The van der Waals surface area contributed by atoms with Crippen molar-refractivity contribution in [3.63, 3.8) is 0 Å². The zero-order valence-electron chi connectivity index (χ0n) is 17.2. The van der Waals surface area contributed by atoms with E-state index in [1.54, 1.807) is 63.7 Å². The molecule has 0 saturated carbocycles. The molecule has 2 heterocycles. The zero-order valence-corrected chi connectivity index (χ0v) is 18.7. The zero-order chi connectivity index (χ0) is 22.5. The van der Waals surface area contributed by atoms with Crippen molar-refractivity contribution in [3.05, 3.63) is 81.8 Å². The van der Waals surface area contributed by atoms with Crippen molar-refractivity contribution in [2.75, 3.05) is 31.5 Å². The lowest BCUT2D eigenvalue weighted by molar-refractivity contribution is -0.132. The van der Waals surface area contributed by atoms with Crippen molar-refractivity contribution >= 4 is 45.8 Å². The molecule has 0 unspecified atom stereocenters. The normalized spacial score (nSPS) is 13.7. The standard InChI is InChI=1S/C23H21ClN4O3S/c24-18-8-6-17(7-9-18)22(31)28-12-10-27(11-13-28)20(29)14-19-15-32-23(25-19)26-21(30)16-4-2-1-3-5-16/h1-9,15H,10-14H2,(H,25,26,30). The molecule has 1 fully saturated rings. The highest BCUT2D eigenvalue weighted by atomic mass is 35.5. The third kappa shape index (κ3) is 5.33. The van der Waals surface area contributed by atoms with E-state index in [1.165, 1.54) is 11.3 Å². The van der Waals surface area contributed by atoms with Gasteiger partial charge >= 0.3 is 0 Å². The van der Waals surface area contributed by atoms with Gasteiger partial charge in [0.25, 0.3) is 11.8 Å².